The number of carbonyl (C=O) groups is 2. The third-order valence-electron chi connectivity index (χ3n) is 6.52. The number of para-hydroxylation sites is 1. The molecule has 3 aromatic carbocycles. The quantitative estimate of drug-likeness (QED) is 0.315. The van der Waals surface area contributed by atoms with Crippen molar-refractivity contribution < 1.29 is 18.7 Å². The largest absolute Gasteiger partial charge is 0.383 e. The fourth-order valence-corrected chi connectivity index (χ4v) is 4.40. The first-order chi connectivity index (χ1) is 18.0. The van der Waals surface area contributed by atoms with Gasteiger partial charge in [0.25, 0.3) is 5.91 Å². The van der Waals surface area contributed by atoms with Crippen LogP contribution in [0, 0.1) is 12.7 Å². The zero-order chi connectivity index (χ0) is 26.2. The highest BCUT2D eigenvalue weighted by Gasteiger charge is 2.23. The number of methoxy groups -OCH3 is 1. The topological polar surface area (TPSA) is 65.6 Å². The van der Waals surface area contributed by atoms with Gasteiger partial charge in [0.15, 0.2) is 0 Å². The van der Waals surface area contributed by atoms with Crippen LogP contribution in [0.1, 0.15) is 27.0 Å². The maximum Gasteiger partial charge on any atom is 0.254 e. The lowest BCUT2D eigenvalue weighted by molar-refractivity contribution is -0.132. The predicted molar refractivity (Wildman–Crippen MR) is 143 cm³/mol. The van der Waals surface area contributed by atoms with Crippen molar-refractivity contribution in [3.8, 4) is 0 Å². The fourth-order valence-electron chi connectivity index (χ4n) is 4.40. The third kappa shape index (κ3) is 6.62. The smallest absolute Gasteiger partial charge is 0.254 e. The minimum atomic E-state index is -0.324. The lowest BCUT2D eigenvalue weighted by atomic mass is 10.1. The maximum atomic E-state index is 13.6. The van der Waals surface area contributed by atoms with Gasteiger partial charge in [-0.25, -0.2) is 4.39 Å². The fraction of sp³-hybridized carbons (Fsp3) is 0.267. The Morgan fingerprint density at radius 2 is 1.65 bits per heavy atom. The van der Waals surface area contributed by atoms with E-state index in [0.717, 1.165) is 27.6 Å². The summed E-state index contributed by atoms with van der Waals surface area (Å²) in [4.78, 5) is 33.6. The van der Waals surface area contributed by atoms with Crippen LogP contribution < -0.4 is 0 Å². The molecule has 0 radical (unpaired) electrons. The summed E-state index contributed by atoms with van der Waals surface area (Å²) in [6, 6.07) is 21.6. The van der Waals surface area contributed by atoms with Crippen molar-refractivity contribution in [2.75, 3.05) is 33.4 Å². The van der Waals surface area contributed by atoms with E-state index in [9.17, 15) is 14.0 Å². The molecule has 37 heavy (non-hydrogen) atoms. The number of amides is 2. The van der Waals surface area contributed by atoms with Crippen LogP contribution in [0.25, 0.3) is 10.9 Å². The molecule has 1 heterocycles. The minimum Gasteiger partial charge on any atom is -0.383 e. The second-order valence-corrected chi connectivity index (χ2v) is 9.09. The van der Waals surface area contributed by atoms with Crippen molar-refractivity contribution in [2.45, 2.75) is 19.9 Å². The second-order valence-electron chi connectivity index (χ2n) is 9.09. The number of rotatable bonds is 11. The third-order valence-corrected chi connectivity index (χ3v) is 6.52. The molecule has 4 rings (SSSR count). The van der Waals surface area contributed by atoms with E-state index in [1.165, 1.54) is 17.0 Å². The molecule has 2 amide bonds. The zero-order valence-electron chi connectivity index (χ0n) is 21.2. The van der Waals surface area contributed by atoms with E-state index in [1.807, 2.05) is 49.5 Å². The van der Waals surface area contributed by atoms with E-state index in [1.54, 1.807) is 30.2 Å². The molecule has 0 bridgehead atoms. The molecule has 0 aliphatic carbocycles. The Morgan fingerprint density at radius 3 is 2.41 bits per heavy atom. The van der Waals surface area contributed by atoms with E-state index in [-0.39, 0.29) is 24.2 Å². The molecule has 0 aliphatic rings. The van der Waals surface area contributed by atoms with E-state index in [0.29, 0.717) is 38.2 Å². The van der Waals surface area contributed by atoms with Crippen LogP contribution in [0.4, 0.5) is 4.39 Å². The molecule has 6 nitrogen and oxygen atoms in total. The number of ether oxygens (including phenoxy) is 1. The van der Waals surface area contributed by atoms with Gasteiger partial charge in [-0.3, -0.25) is 9.59 Å². The number of nitrogens with one attached hydrogen (secondary N) is 1. The second kappa shape index (κ2) is 12.3. The van der Waals surface area contributed by atoms with E-state index < -0.39 is 0 Å². The summed E-state index contributed by atoms with van der Waals surface area (Å²) < 4.78 is 18.7. The van der Waals surface area contributed by atoms with Gasteiger partial charge in [0, 0.05) is 49.4 Å². The summed E-state index contributed by atoms with van der Waals surface area (Å²) in [5.74, 6) is -0.709. The van der Waals surface area contributed by atoms with Crippen molar-refractivity contribution in [2.24, 2.45) is 0 Å². The normalized spacial score (nSPS) is 11.0. The van der Waals surface area contributed by atoms with E-state index >= 15 is 0 Å². The number of carbonyl (C=O) groups excluding carboxylic acids is 2. The monoisotopic (exact) mass is 501 g/mol. The van der Waals surface area contributed by atoms with Crippen LogP contribution in [0.2, 0.25) is 0 Å². The summed E-state index contributed by atoms with van der Waals surface area (Å²) in [7, 11) is 1.57. The average molecular weight is 502 g/mol. The van der Waals surface area contributed by atoms with Crippen LogP contribution in [-0.4, -0.2) is 59.9 Å². The number of hydrogen-bond acceptors (Lipinski definition) is 3. The minimum absolute atomic E-state index is 0.0778. The van der Waals surface area contributed by atoms with Gasteiger partial charge in [-0.2, -0.15) is 0 Å². The molecule has 1 aromatic heterocycles. The molecule has 0 saturated carbocycles. The van der Waals surface area contributed by atoms with Gasteiger partial charge >= 0.3 is 0 Å². The molecule has 192 valence electrons. The number of fused-ring (bicyclic) bond motifs is 1. The van der Waals surface area contributed by atoms with Crippen LogP contribution in [0.15, 0.2) is 79.0 Å². The number of nitrogens with zero attached hydrogens (tertiary/aromatic N) is 2. The highest BCUT2D eigenvalue weighted by atomic mass is 19.1. The van der Waals surface area contributed by atoms with Crippen LogP contribution >= 0.6 is 0 Å². The molecule has 0 saturated heterocycles. The van der Waals surface area contributed by atoms with Crippen LogP contribution in [0.3, 0.4) is 0 Å². The number of benzene rings is 3. The molecular weight excluding hydrogens is 469 g/mol. The predicted octanol–water partition coefficient (Wildman–Crippen LogP) is 4.98. The summed E-state index contributed by atoms with van der Waals surface area (Å²) in [5, 5.41) is 1.12. The lowest BCUT2D eigenvalue weighted by Crippen LogP contribution is -2.44. The maximum absolute atomic E-state index is 13.6. The van der Waals surface area contributed by atoms with Crippen molar-refractivity contribution in [3.63, 3.8) is 0 Å². The van der Waals surface area contributed by atoms with Crippen molar-refractivity contribution in [1.29, 1.82) is 0 Å². The summed E-state index contributed by atoms with van der Waals surface area (Å²) in [6.45, 7) is 3.19. The van der Waals surface area contributed by atoms with Crippen LogP contribution in [-0.2, 0) is 22.5 Å². The van der Waals surface area contributed by atoms with Gasteiger partial charge in [0.2, 0.25) is 5.91 Å². The van der Waals surface area contributed by atoms with Gasteiger partial charge in [-0.15, -0.1) is 0 Å². The molecule has 0 unspecified atom stereocenters. The molecule has 0 atom stereocenters. The molecule has 1 N–H and O–H groups in total. The Labute approximate surface area is 216 Å². The first-order valence-electron chi connectivity index (χ1n) is 12.4. The highest BCUT2D eigenvalue weighted by molar-refractivity contribution is 5.97. The van der Waals surface area contributed by atoms with Gasteiger partial charge < -0.3 is 19.5 Å². The van der Waals surface area contributed by atoms with Crippen molar-refractivity contribution in [1.82, 2.24) is 14.8 Å². The Morgan fingerprint density at radius 1 is 0.919 bits per heavy atom. The SMILES string of the molecule is COCCN(CC(=O)N(CCc1c[nH]c2ccccc12)Cc1ccc(F)cc1)C(=O)c1ccccc1C. The Bertz CT molecular complexity index is 1350. The van der Waals surface area contributed by atoms with Gasteiger partial charge in [-0.1, -0.05) is 48.5 Å². The Kier molecular flexibility index (Phi) is 8.69. The van der Waals surface area contributed by atoms with E-state index in [2.05, 4.69) is 11.1 Å². The molecule has 0 spiro atoms. The van der Waals surface area contributed by atoms with Gasteiger partial charge in [0.1, 0.15) is 12.4 Å². The first-order valence-corrected chi connectivity index (χ1v) is 12.4. The molecule has 0 fully saturated rings. The molecule has 7 heteroatoms. The molecule has 0 aliphatic heterocycles. The lowest BCUT2D eigenvalue weighted by Gasteiger charge is -2.28. The van der Waals surface area contributed by atoms with E-state index in [4.69, 9.17) is 4.74 Å². The first kappa shape index (κ1) is 26.1. The number of aryl methyl sites for hydroxylation is 1. The van der Waals surface area contributed by atoms with Crippen molar-refractivity contribution >= 4 is 22.7 Å². The van der Waals surface area contributed by atoms with Crippen LogP contribution in [0.5, 0.6) is 0 Å². The zero-order valence-corrected chi connectivity index (χ0v) is 21.2. The standard InChI is InChI=1S/C30H32FN3O3/c1-22-7-3-4-8-26(22)30(36)34(17-18-37-2)21-29(35)33(20-23-11-13-25(31)14-12-23)16-15-24-19-32-28-10-6-5-9-27(24)28/h3-14,19,32H,15-18,20-21H2,1-2H3. The summed E-state index contributed by atoms with van der Waals surface area (Å²) in [5.41, 5.74) is 4.39. The van der Waals surface area contributed by atoms with Gasteiger partial charge in [0.05, 0.1) is 6.61 Å². The van der Waals surface area contributed by atoms with Gasteiger partial charge in [-0.05, 0) is 54.3 Å². The number of halogens is 1. The number of H-pyrrole nitrogens is 1. The molecular formula is C30H32FN3O3. The number of aromatic amines is 1. The Hall–Kier alpha value is -3.97. The number of aromatic nitrogens is 1. The number of hydrogen-bond donors (Lipinski definition) is 1. The summed E-state index contributed by atoms with van der Waals surface area (Å²) in [6.07, 6.45) is 2.61. The summed E-state index contributed by atoms with van der Waals surface area (Å²) >= 11 is 0. The van der Waals surface area contributed by atoms with Crippen molar-refractivity contribution in [3.05, 3.63) is 107 Å². The highest BCUT2D eigenvalue weighted by Crippen LogP contribution is 2.19. The molecule has 4 aromatic rings. The average Bonchev–Trinajstić information content (AvgIpc) is 3.33. The Balaban J connectivity index is 1.55.